The van der Waals surface area contributed by atoms with Crippen LogP contribution in [0.3, 0.4) is 0 Å². The number of benzene rings is 1. The third kappa shape index (κ3) is 3.78. The van der Waals surface area contributed by atoms with E-state index in [2.05, 4.69) is 19.2 Å². The highest BCUT2D eigenvalue weighted by atomic mass is 16.3. The van der Waals surface area contributed by atoms with Crippen LogP contribution in [0.1, 0.15) is 31.7 Å². The SMILES string of the molecule is CC(C)c1ccccc1NC(=O)CN1CC[C@@H](O)C1. The number of hydrogen-bond donors (Lipinski definition) is 2. The fraction of sp³-hybridized carbons (Fsp3) is 0.533. The molecule has 0 saturated carbocycles. The largest absolute Gasteiger partial charge is 0.392 e. The quantitative estimate of drug-likeness (QED) is 0.870. The number of carbonyl (C=O) groups is 1. The lowest BCUT2D eigenvalue weighted by Crippen LogP contribution is -2.32. The van der Waals surface area contributed by atoms with Crippen molar-refractivity contribution in [2.24, 2.45) is 0 Å². The second-order valence-corrected chi connectivity index (χ2v) is 5.47. The molecule has 4 nitrogen and oxygen atoms in total. The molecular formula is C15H22N2O2. The van der Waals surface area contributed by atoms with Gasteiger partial charge in [-0.1, -0.05) is 32.0 Å². The second-order valence-electron chi connectivity index (χ2n) is 5.47. The van der Waals surface area contributed by atoms with E-state index in [1.807, 2.05) is 29.2 Å². The number of para-hydroxylation sites is 1. The number of amides is 1. The van der Waals surface area contributed by atoms with Gasteiger partial charge in [-0.3, -0.25) is 9.69 Å². The van der Waals surface area contributed by atoms with E-state index in [4.69, 9.17) is 0 Å². The molecule has 1 amide bonds. The summed E-state index contributed by atoms with van der Waals surface area (Å²) in [4.78, 5) is 14.0. The van der Waals surface area contributed by atoms with Gasteiger partial charge in [0.25, 0.3) is 0 Å². The maximum absolute atomic E-state index is 12.0. The van der Waals surface area contributed by atoms with Gasteiger partial charge in [-0.25, -0.2) is 0 Å². The Labute approximate surface area is 114 Å². The molecule has 1 aliphatic rings. The molecule has 2 N–H and O–H groups in total. The lowest BCUT2D eigenvalue weighted by atomic mass is 10.0. The number of nitrogens with one attached hydrogen (secondary N) is 1. The standard InChI is InChI=1S/C15H22N2O2/c1-11(2)13-5-3-4-6-14(13)16-15(19)10-17-8-7-12(18)9-17/h3-6,11-12,18H,7-10H2,1-2H3,(H,16,19)/t12-/m1/s1. The highest BCUT2D eigenvalue weighted by molar-refractivity contribution is 5.93. The van der Waals surface area contributed by atoms with Crippen LogP contribution in [-0.4, -0.2) is 41.7 Å². The van der Waals surface area contributed by atoms with Crippen molar-refractivity contribution in [1.82, 2.24) is 4.90 Å². The van der Waals surface area contributed by atoms with Gasteiger partial charge in [-0.2, -0.15) is 0 Å². The summed E-state index contributed by atoms with van der Waals surface area (Å²) in [5.74, 6) is 0.368. The Morgan fingerprint density at radius 3 is 2.84 bits per heavy atom. The zero-order valence-electron chi connectivity index (χ0n) is 11.6. The first kappa shape index (κ1) is 14.0. The van der Waals surface area contributed by atoms with Crippen molar-refractivity contribution in [3.63, 3.8) is 0 Å². The lowest BCUT2D eigenvalue weighted by Gasteiger charge is -2.17. The summed E-state index contributed by atoms with van der Waals surface area (Å²) in [6, 6.07) is 7.90. The maximum atomic E-state index is 12.0. The van der Waals surface area contributed by atoms with Gasteiger partial charge in [0.1, 0.15) is 0 Å². The third-order valence-corrected chi connectivity index (χ3v) is 3.47. The van der Waals surface area contributed by atoms with Crippen molar-refractivity contribution >= 4 is 11.6 Å². The minimum Gasteiger partial charge on any atom is -0.392 e. The molecule has 1 fully saturated rings. The van der Waals surface area contributed by atoms with E-state index in [0.29, 0.717) is 19.0 Å². The third-order valence-electron chi connectivity index (χ3n) is 3.47. The minimum absolute atomic E-state index is 0.0119. The topological polar surface area (TPSA) is 52.6 Å². The summed E-state index contributed by atoms with van der Waals surface area (Å²) >= 11 is 0. The number of hydrogen-bond acceptors (Lipinski definition) is 3. The van der Waals surface area contributed by atoms with Crippen LogP contribution in [-0.2, 0) is 4.79 Å². The van der Waals surface area contributed by atoms with Gasteiger partial charge in [0.05, 0.1) is 12.6 Å². The van der Waals surface area contributed by atoms with E-state index < -0.39 is 0 Å². The van der Waals surface area contributed by atoms with Gasteiger partial charge in [-0.15, -0.1) is 0 Å². The Morgan fingerprint density at radius 2 is 2.21 bits per heavy atom. The highest BCUT2D eigenvalue weighted by Crippen LogP contribution is 2.23. The second kappa shape index (κ2) is 6.17. The number of carbonyl (C=O) groups excluding carboxylic acids is 1. The van der Waals surface area contributed by atoms with Crippen molar-refractivity contribution in [2.45, 2.75) is 32.3 Å². The first-order chi connectivity index (χ1) is 9.06. The highest BCUT2D eigenvalue weighted by Gasteiger charge is 2.22. The molecule has 1 aromatic carbocycles. The van der Waals surface area contributed by atoms with Gasteiger partial charge in [0.15, 0.2) is 0 Å². The van der Waals surface area contributed by atoms with Crippen molar-refractivity contribution in [2.75, 3.05) is 25.0 Å². The average molecular weight is 262 g/mol. The normalized spacial score (nSPS) is 19.9. The molecule has 1 atom stereocenters. The minimum atomic E-state index is -0.282. The number of aliphatic hydroxyl groups excluding tert-OH is 1. The molecule has 1 saturated heterocycles. The Morgan fingerprint density at radius 1 is 1.47 bits per heavy atom. The molecule has 0 aromatic heterocycles. The number of aliphatic hydroxyl groups is 1. The average Bonchev–Trinajstić information content (AvgIpc) is 2.75. The predicted octanol–water partition coefficient (Wildman–Crippen LogP) is 1.82. The van der Waals surface area contributed by atoms with Crippen molar-refractivity contribution in [3.8, 4) is 0 Å². The maximum Gasteiger partial charge on any atom is 0.238 e. The van der Waals surface area contributed by atoms with E-state index in [1.54, 1.807) is 0 Å². The van der Waals surface area contributed by atoms with Crippen LogP contribution in [0.4, 0.5) is 5.69 Å². The van der Waals surface area contributed by atoms with Gasteiger partial charge >= 0.3 is 0 Å². The molecule has 0 radical (unpaired) electrons. The molecule has 0 unspecified atom stereocenters. The summed E-state index contributed by atoms with van der Waals surface area (Å²) in [5, 5.41) is 12.4. The Hall–Kier alpha value is -1.39. The number of anilines is 1. The van der Waals surface area contributed by atoms with Crippen LogP contribution in [0.5, 0.6) is 0 Å². The molecule has 1 aromatic rings. The molecule has 2 rings (SSSR count). The zero-order valence-corrected chi connectivity index (χ0v) is 11.6. The smallest absolute Gasteiger partial charge is 0.238 e. The lowest BCUT2D eigenvalue weighted by molar-refractivity contribution is -0.117. The molecule has 1 aliphatic heterocycles. The first-order valence-electron chi connectivity index (χ1n) is 6.85. The summed E-state index contributed by atoms with van der Waals surface area (Å²) in [5.41, 5.74) is 2.04. The van der Waals surface area contributed by atoms with Crippen molar-refractivity contribution in [1.29, 1.82) is 0 Å². The molecule has 19 heavy (non-hydrogen) atoms. The van der Waals surface area contributed by atoms with E-state index >= 15 is 0 Å². The van der Waals surface area contributed by atoms with Crippen LogP contribution in [0, 0.1) is 0 Å². The monoisotopic (exact) mass is 262 g/mol. The summed E-state index contributed by atoms with van der Waals surface area (Å²) in [7, 11) is 0. The Bertz CT molecular complexity index is 446. The van der Waals surface area contributed by atoms with Gasteiger partial charge in [0, 0.05) is 18.8 Å². The molecule has 104 valence electrons. The van der Waals surface area contributed by atoms with E-state index in [-0.39, 0.29) is 12.0 Å². The van der Waals surface area contributed by atoms with Crippen LogP contribution < -0.4 is 5.32 Å². The summed E-state index contributed by atoms with van der Waals surface area (Å²) in [6.45, 7) is 5.97. The van der Waals surface area contributed by atoms with E-state index in [9.17, 15) is 9.90 Å². The van der Waals surface area contributed by atoms with Gasteiger partial charge in [-0.05, 0) is 24.0 Å². The van der Waals surface area contributed by atoms with E-state index in [1.165, 1.54) is 0 Å². The molecule has 0 bridgehead atoms. The number of β-amino-alcohol motifs (C(OH)–C–C–N with tert-alkyl or cyclic N) is 1. The van der Waals surface area contributed by atoms with E-state index in [0.717, 1.165) is 24.2 Å². The number of nitrogens with zero attached hydrogens (tertiary/aromatic N) is 1. The van der Waals surface area contributed by atoms with Crippen molar-refractivity contribution in [3.05, 3.63) is 29.8 Å². The summed E-state index contributed by atoms with van der Waals surface area (Å²) in [6.07, 6.45) is 0.478. The molecule has 4 heteroatoms. The van der Waals surface area contributed by atoms with Crippen LogP contribution in [0.25, 0.3) is 0 Å². The fourth-order valence-electron chi connectivity index (χ4n) is 2.46. The van der Waals surface area contributed by atoms with Crippen LogP contribution >= 0.6 is 0 Å². The molecular weight excluding hydrogens is 240 g/mol. The molecule has 0 aliphatic carbocycles. The Balaban J connectivity index is 1.95. The Kier molecular flexibility index (Phi) is 4.56. The van der Waals surface area contributed by atoms with Gasteiger partial charge in [0.2, 0.25) is 5.91 Å². The summed E-state index contributed by atoms with van der Waals surface area (Å²) < 4.78 is 0. The number of likely N-dealkylation sites (tertiary alicyclic amines) is 1. The van der Waals surface area contributed by atoms with Crippen molar-refractivity contribution < 1.29 is 9.90 Å². The fourth-order valence-corrected chi connectivity index (χ4v) is 2.46. The zero-order chi connectivity index (χ0) is 13.8. The first-order valence-corrected chi connectivity index (χ1v) is 6.85. The van der Waals surface area contributed by atoms with Crippen LogP contribution in [0.15, 0.2) is 24.3 Å². The predicted molar refractivity (Wildman–Crippen MR) is 76.2 cm³/mol. The van der Waals surface area contributed by atoms with Crippen LogP contribution in [0.2, 0.25) is 0 Å². The molecule has 0 spiro atoms. The molecule has 1 heterocycles. The number of rotatable bonds is 4. The van der Waals surface area contributed by atoms with Gasteiger partial charge < -0.3 is 10.4 Å².